The number of aliphatic hydroxyl groups is 1. The van der Waals surface area contributed by atoms with Gasteiger partial charge in [0.2, 0.25) is 5.75 Å². The molecule has 1 aromatic heterocycles. The Kier molecular flexibility index (Phi) is 5.64. The van der Waals surface area contributed by atoms with Crippen LogP contribution in [-0.2, 0) is 13.0 Å². The summed E-state index contributed by atoms with van der Waals surface area (Å²) in [6, 6.07) is 15.5. The van der Waals surface area contributed by atoms with Crippen LogP contribution in [0.4, 0.5) is 0 Å². The molecule has 3 aromatic rings. The van der Waals surface area contributed by atoms with E-state index in [1.807, 2.05) is 67.3 Å². The van der Waals surface area contributed by atoms with E-state index in [0.717, 1.165) is 16.7 Å². The van der Waals surface area contributed by atoms with Crippen molar-refractivity contribution < 1.29 is 10.2 Å². The monoisotopic (exact) mass is 425 g/mol. The van der Waals surface area contributed by atoms with Crippen LogP contribution in [0.3, 0.4) is 0 Å². The van der Waals surface area contributed by atoms with E-state index in [0.29, 0.717) is 30.4 Å². The fourth-order valence-electron chi connectivity index (χ4n) is 4.08. The number of halogens is 1. The van der Waals surface area contributed by atoms with Gasteiger partial charge in [0, 0.05) is 36.1 Å². The molecule has 0 aliphatic carbocycles. The van der Waals surface area contributed by atoms with Crippen molar-refractivity contribution in [2.45, 2.75) is 39.1 Å². The van der Waals surface area contributed by atoms with Crippen LogP contribution >= 0.6 is 11.6 Å². The first-order valence-corrected chi connectivity index (χ1v) is 10.4. The van der Waals surface area contributed by atoms with E-state index in [4.69, 9.17) is 11.6 Å². The number of nitrogens with zero attached hydrogens (tertiary/aromatic N) is 3. The zero-order valence-electron chi connectivity index (χ0n) is 16.9. The van der Waals surface area contributed by atoms with E-state index < -0.39 is 17.5 Å². The Morgan fingerprint density at radius 3 is 2.47 bits per heavy atom. The number of hydrogen-bond acceptors (Lipinski definition) is 5. The lowest BCUT2D eigenvalue weighted by Crippen LogP contribution is -2.44. The van der Waals surface area contributed by atoms with E-state index in [2.05, 4.69) is 4.98 Å². The molecule has 1 aliphatic heterocycles. The molecule has 0 amide bonds. The SMILES string of the molecule is CC(C)N1CCn2c(Cc3ccccc3-c3ccccc3Cl)nc(=O)c(O)c2C1O. The van der Waals surface area contributed by atoms with Crippen LogP contribution in [0.25, 0.3) is 11.1 Å². The fourth-order valence-corrected chi connectivity index (χ4v) is 4.31. The minimum absolute atomic E-state index is 0.0702. The first-order valence-electron chi connectivity index (χ1n) is 9.97. The van der Waals surface area contributed by atoms with Crippen LogP contribution in [0.15, 0.2) is 53.3 Å². The summed E-state index contributed by atoms with van der Waals surface area (Å²) >= 11 is 6.42. The largest absolute Gasteiger partial charge is 0.502 e. The van der Waals surface area contributed by atoms with Gasteiger partial charge >= 0.3 is 5.56 Å². The van der Waals surface area contributed by atoms with Crippen molar-refractivity contribution in [1.82, 2.24) is 14.5 Å². The van der Waals surface area contributed by atoms with Crippen molar-refractivity contribution in [2.75, 3.05) is 6.54 Å². The molecule has 156 valence electrons. The van der Waals surface area contributed by atoms with Crippen molar-refractivity contribution in [3.63, 3.8) is 0 Å². The first kappa shape index (κ1) is 20.6. The predicted octanol–water partition coefficient (Wildman–Crippen LogP) is 3.58. The van der Waals surface area contributed by atoms with Crippen LogP contribution < -0.4 is 5.56 Å². The number of hydrogen-bond donors (Lipinski definition) is 2. The van der Waals surface area contributed by atoms with E-state index in [-0.39, 0.29) is 11.7 Å². The summed E-state index contributed by atoms with van der Waals surface area (Å²) in [5.74, 6) is 0.0192. The highest BCUT2D eigenvalue weighted by molar-refractivity contribution is 6.33. The Balaban J connectivity index is 1.81. The molecule has 2 aromatic carbocycles. The topological polar surface area (TPSA) is 78.6 Å². The van der Waals surface area contributed by atoms with Crippen LogP contribution in [0.1, 0.15) is 37.2 Å². The second-order valence-corrected chi connectivity index (χ2v) is 8.14. The van der Waals surface area contributed by atoms with Gasteiger partial charge in [-0.25, -0.2) is 0 Å². The third-order valence-corrected chi connectivity index (χ3v) is 5.94. The lowest BCUT2D eigenvalue weighted by molar-refractivity contribution is -0.0435. The molecule has 7 heteroatoms. The maximum absolute atomic E-state index is 12.4. The van der Waals surface area contributed by atoms with Crippen LogP contribution in [-0.4, -0.2) is 37.3 Å². The van der Waals surface area contributed by atoms with Crippen LogP contribution in [0.5, 0.6) is 5.75 Å². The molecule has 0 bridgehead atoms. The summed E-state index contributed by atoms with van der Waals surface area (Å²) in [7, 11) is 0. The average molecular weight is 426 g/mol. The number of aliphatic hydroxyl groups excluding tert-OH is 1. The summed E-state index contributed by atoms with van der Waals surface area (Å²) in [5, 5.41) is 21.8. The van der Waals surface area contributed by atoms with Gasteiger partial charge in [0.25, 0.3) is 0 Å². The third kappa shape index (κ3) is 3.62. The third-order valence-electron chi connectivity index (χ3n) is 5.61. The van der Waals surface area contributed by atoms with Gasteiger partial charge in [-0.15, -0.1) is 0 Å². The van der Waals surface area contributed by atoms with Crippen LogP contribution in [0.2, 0.25) is 5.02 Å². The predicted molar refractivity (Wildman–Crippen MR) is 117 cm³/mol. The lowest BCUT2D eigenvalue weighted by Gasteiger charge is -2.38. The van der Waals surface area contributed by atoms with Gasteiger partial charge in [-0.3, -0.25) is 9.69 Å². The number of rotatable bonds is 4. The summed E-state index contributed by atoms with van der Waals surface area (Å²) in [6.45, 7) is 5.05. The lowest BCUT2D eigenvalue weighted by atomic mass is 9.97. The zero-order chi connectivity index (χ0) is 21.4. The van der Waals surface area contributed by atoms with Gasteiger partial charge in [0.1, 0.15) is 11.5 Å². The van der Waals surface area contributed by atoms with Crippen molar-refractivity contribution in [3.05, 3.63) is 81.0 Å². The van der Waals surface area contributed by atoms with Crippen molar-refractivity contribution in [1.29, 1.82) is 0 Å². The number of aromatic hydroxyl groups is 1. The molecule has 1 aliphatic rings. The molecule has 0 radical (unpaired) electrons. The highest BCUT2D eigenvalue weighted by atomic mass is 35.5. The van der Waals surface area contributed by atoms with Gasteiger partial charge in [0.05, 0.1) is 0 Å². The Labute approximate surface area is 180 Å². The molecule has 4 rings (SSSR count). The highest BCUT2D eigenvalue weighted by Gasteiger charge is 2.32. The first-order chi connectivity index (χ1) is 14.4. The smallest absolute Gasteiger partial charge is 0.315 e. The molecule has 0 saturated heterocycles. The summed E-state index contributed by atoms with van der Waals surface area (Å²) in [5.41, 5.74) is 2.30. The normalized spacial score (nSPS) is 16.6. The van der Waals surface area contributed by atoms with Crippen molar-refractivity contribution >= 4 is 11.6 Å². The number of benzene rings is 2. The molecular weight excluding hydrogens is 402 g/mol. The summed E-state index contributed by atoms with van der Waals surface area (Å²) in [6.07, 6.45) is -0.690. The van der Waals surface area contributed by atoms with Gasteiger partial charge < -0.3 is 14.8 Å². The average Bonchev–Trinajstić information content (AvgIpc) is 2.72. The maximum Gasteiger partial charge on any atom is 0.315 e. The van der Waals surface area contributed by atoms with E-state index in [1.165, 1.54) is 0 Å². The zero-order valence-corrected chi connectivity index (χ0v) is 17.7. The molecule has 0 saturated carbocycles. The van der Waals surface area contributed by atoms with Crippen molar-refractivity contribution in [3.8, 4) is 16.9 Å². The minimum atomic E-state index is -1.06. The fraction of sp³-hybridized carbons (Fsp3) is 0.304. The molecule has 0 spiro atoms. The molecule has 2 N–H and O–H groups in total. The van der Waals surface area contributed by atoms with E-state index in [9.17, 15) is 15.0 Å². The second-order valence-electron chi connectivity index (χ2n) is 7.74. The Morgan fingerprint density at radius 2 is 1.77 bits per heavy atom. The van der Waals surface area contributed by atoms with Crippen molar-refractivity contribution in [2.24, 2.45) is 0 Å². The van der Waals surface area contributed by atoms with E-state index in [1.54, 1.807) is 4.57 Å². The van der Waals surface area contributed by atoms with Gasteiger partial charge in [-0.1, -0.05) is 54.1 Å². The molecule has 2 heterocycles. The number of aromatic nitrogens is 2. The Morgan fingerprint density at radius 1 is 1.10 bits per heavy atom. The van der Waals surface area contributed by atoms with Gasteiger partial charge in [-0.2, -0.15) is 4.98 Å². The highest BCUT2D eigenvalue weighted by Crippen LogP contribution is 2.33. The standard InChI is InChI=1S/C23H24ClN3O3/c1-14(2)26-11-12-27-19(25-22(29)21(28)20(27)23(26)30)13-15-7-3-4-8-16(15)17-9-5-6-10-18(17)24/h3-10,14,23,28,30H,11-13H2,1-2H3. The summed E-state index contributed by atoms with van der Waals surface area (Å²) < 4.78 is 1.77. The van der Waals surface area contributed by atoms with E-state index >= 15 is 0 Å². The molecule has 1 unspecified atom stereocenters. The Hall–Kier alpha value is -2.67. The van der Waals surface area contributed by atoms with Gasteiger partial charge in [0.15, 0.2) is 6.23 Å². The molecule has 0 fully saturated rings. The second kappa shape index (κ2) is 8.22. The summed E-state index contributed by atoms with van der Waals surface area (Å²) in [4.78, 5) is 18.4. The number of fused-ring (bicyclic) bond motifs is 1. The molecule has 1 atom stereocenters. The molecular formula is C23H24ClN3O3. The molecule has 6 nitrogen and oxygen atoms in total. The minimum Gasteiger partial charge on any atom is -0.502 e. The van der Waals surface area contributed by atoms with Gasteiger partial charge in [-0.05, 0) is 31.0 Å². The maximum atomic E-state index is 12.4. The Bertz CT molecular complexity index is 1140. The molecule has 30 heavy (non-hydrogen) atoms. The quantitative estimate of drug-likeness (QED) is 0.668. The van der Waals surface area contributed by atoms with Crippen LogP contribution in [0, 0.1) is 0 Å².